The lowest BCUT2D eigenvalue weighted by Gasteiger charge is -2.15. The van der Waals surface area contributed by atoms with Crippen molar-refractivity contribution in [2.24, 2.45) is 0 Å². The summed E-state index contributed by atoms with van der Waals surface area (Å²) in [5.41, 5.74) is 1.12. The normalized spacial score (nSPS) is 11.9. The number of amides is 1. The van der Waals surface area contributed by atoms with Gasteiger partial charge in [0, 0.05) is 16.1 Å². The zero-order valence-electron chi connectivity index (χ0n) is 14.9. The number of hydrogen-bond acceptors (Lipinski definition) is 4. The zero-order valence-corrected chi connectivity index (χ0v) is 16.4. The second-order valence-electron chi connectivity index (χ2n) is 5.50. The Kier molecular flexibility index (Phi) is 7.70. The van der Waals surface area contributed by atoms with Gasteiger partial charge in [-0.1, -0.05) is 41.4 Å². The van der Waals surface area contributed by atoms with Crippen molar-refractivity contribution in [2.75, 3.05) is 11.9 Å². The van der Waals surface area contributed by atoms with Gasteiger partial charge in [-0.25, -0.2) is 4.79 Å². The van der Waals surface area contributed by atoms with Crippen LogP contribution in [0.5, 0.6) is 5.75 Å². The van der Waals surface area contributed by atoms with Gasteiger partial charge >= 0.3 is 5.97 Å². The highest BCUT2D eigenvalue weighted by Crippen LogP contribution is 2.24. The predicted octanol–water partition coefficient (Wildman–Crippen LogP) is 4.98. The molecule has 2 rings (SSSR count). The number of esters is 1. The first-order valence-corrected chi connectivity index (χ1v) is 9.02. The van der Waals surface area contributed by atoms with Crippen LogP contribution < -0.4 is 10.1 Å². The number of carbonyl (C=O) groups excluding carboxylic acids is 2. The Morgan fingerprint density at radius 3 is 2.63 bits per heavy atom. The summed E-state index contributed by atoms with van der Waals surface area (Å²) in [6.45, 7) is 3.80. The topological polar surface area (TPSA) is 64.6 Å². The molecule has 0 saturated carbocycles. The van der Waals surface area contributed by atoms with Crippen LogP contribution in [-0.2, 0) is 14.3 Å². The molecule has 2 aromatic carbocycles. The Morgan fingerprint density at radius 1 is 1.19 bits per heavy atom. The molecule has 0 aromatic heterocycles. The average molecular weight is 408 g/mol. The zero-order chi connectivity index (χ0) is 19.8. The standard InChI is InChI=1S/C20H19Cl2NO4/c1-3-26-18-7-5-4-6-17(18)23-20(25)13(2)27-19(24)11-9-14-8-10-15(21)12-16(14)22/h4-13H,3H2,1-2H3,(H,23,25)/b11-9+. The fourth-order valence-corrected chi connectivity index (χ4v) is 2.62. The molecule has 0 saturated heterocycles. The van der Waals surface area contributed by atoms with E-state index >= 15 is 0 Å². The monoisotopic (exact) mass is 407 g/mol. The molecule has 1 unspecified atom stereocenters. The molecule has 2 aromatic rings. The van der Waals surface area contributed by atoms with Crippen molar-refractivity contribution in [2.45, 2.75) is 20.0 Å². The van der Waals surface area contributed by atoms with E-state index in [9.17, 15) is 9.59 Å². The predicted molar refractivity (Wildman–Crippen MR) is 107 cm³/mol. The molecule has 7 heteroatoms. The molecular weight excluding hydrogens is 389 g/mol. The molecule has 27 heavy (non-hydrogen) atoms. The first kappa shape index (κ1) is 20.8. The molecule has 0 fully saturated rings. The summed E-state index contributed by atoms with van der Waals surface area (Å²) in [5, 5.41) is 3.59. The van der Waals surface area contributed by atoms with Crippen molar-refractivity contribution in [3.8, 4) is 5.75 Å². The van der Waals surface area contributed by atoms with Crippen LogP contribution in [0.4, 0.5) is 5.69 Å². The van der Waals surface area contributed by atoms with Gasteiger partial charge < -0.3 is 14.8 Å². The number of benzene rings is 2. The lowest BCUT2D eigenvalue weighted by molar-refractivity contribution is -0.148. The molecule has 1 amide bonds. The van der Waals surface area contributed by atoms with Crippen LogP contribution in [0, 0.1) is 0 Å². The molecule has 0 radical (unpaired) electrons. The number of para-hydroxylation sites is 2. The number of ether oxygens (including phenoxy) is 2. The minimum Gasteiger partial charge on any atom is -0.492 e. The second kappa shape index (κ2) is 10.00. The molecule has 0 heterocycles. The highest BCUT2D eigenvalue weighted by Gasteiger charge is 2.18. The number of anilines is 1. The van der Waals surface area contributed by atoms with Gasteiger partial charge in [0.05, 0.1) is 12.3 Å². The van der Waals surface area contributed by atoms with E-state index in [-0.39, 0.29) is 0 Å². The molecule has 0 aliphatic heterocycles. The van der Waals surface area contributed by atoms with Crippen molar-refractivity contribution in [1.29, 1.82) is 0 Å². The molecule has 0 aliphatic carbocycles. The summed E-state index contributed by atoms with van der Waals surface area (Å²) in [6.07, 6.45) is 1.71. The molecule has 0 aliphatic rings. The van der Waals surface area contributed by atoms with Crippen molar-refractivity contribution in [3.63, 3.8) is 0 Å². The van der Waals surface area contributed by atoms with Gasteiger partial charge in [0.25, 0.3) is 5.91 Å². The third kappa shape index (κ3) is 6.31. The van der Waals surface area contributed by atoms with Crippen molar-refractivity contribution >= 4 is 46.8 Å². The van der Waals surface area contributed by atoms with Gasteiger partial charge in [-0.2, -0.15) is 0 Å². The van der Waals surface area contributed by atoms with Crippen LogP contribution >= 0.6 is 23.2 Å². The van der Waals surface area contributed by atoms with Crippen LogP contribution in [0.2, 0.25) is 10.0 Å². The summed E-state index contributed by atoms with van der Waals surface area (Å²) >= 11 is 11.9. The smallest absolute Gasteiger partial charge is 0.331 e. The molecule has 142 valence electrons. The van der Waals surface area contributed by atoms with E-state index in [0.29, 0.717) is 33.7 Å². The van der Waals surface area contributed by atoms with Gasteiger partial charge in [-0.3, -0.25) is 4.79 Å². The van der Waals surface area contributed by atoms with E-state index in [1.54, 1.807) is 42.5 Å². The van der Waals surface area contributed by atoms with Crippen molar-refractivity contribution < 1.29 is 19.1 Å². The largest absolute Gasteiger partial charge is 0.492 e. The van der Waals surface area contributed by atoms with E-state index in [4.69, 9.17) is 32.7 Å². The number of nitrogens with one attached hydrogen (secondary N) is 1. The SMILES string of the molecule is CCOc1ccccc1NC(=O)C(C)OC(=O)/C=C/c1ccc(Cl)cc1Cl. The van der Waals surface area contributed by atoms with Gasteiger partial charge in [0.1, 0.15) is 5.75 Å². The number of halogens is 2. The lowest BCUT2D eigenvalue weighted by Crippen LogP contribution is -2.29. The average Bonchev–Trinajstić information content (AvgIpc) is 2.62. The highest BCUT2D eigenvalue weighted by atomic mass is 35.5. The van der Waals surface area contributed by atoms with Gasteiger partial charge in [-0.05, 0) is 49.8 Å². The molecule has 5 nitrogen and oxygen atoms in total. The minimum atomic E-state index is -0.988. The Labute approximate surface area is 167 Å². The van der Waals surface area contributed by atoms with E-state index in [1.165, 1.54) is 19.1 Å². The molecular formula is C20H19Cl2NO4. The van der Waals surface area contributed by atoms with Crippen LogP contribution in [0.15, 0.2) is 48.5 Å². The first-order chi connectivity index (χ1) is 12.9. The summed E-state index contributed by atoms with van der Waals surface area (Å²) in [6, 6.07) is 11.9. The summed E-state index contributed by atoms with van der Waals surface area (Å²) in [7, 11) is 0. The van der Waals surface area contributed by atoms with Crippen molar-refractivity contribution in [3.05, 3.63) is 64.1 Å². The van der Waals surface area contributed by atoms with Crippen LogP contribution in [0.3, 0.4) is 0 Å². The summed E-state index contributed by atoms with van der Waals surface area (Å²) in [4.78, 5) is 24.2. The van der Waals surface area contributed by atoms with Crippen molar-refractivity contribution in [1.82, 2.24) is 0 Å². The Bertz CT molecular complexity index is 852. The van der Waals surface area contributed by atoms with E-state index in [1.807, 2.05) is 6.92 Å². The number of rotatable bonds is 7. The Morgan fingerprint density at radius 2 is 1.93 bits per heavy atom. The fraction of sp³-hybridized carbons (Fsp3) is 0.200. The second-order valence-corrected chi connectivity index (χ2v) is 6.34. The maximum atomic E-state index is 12.3. The molecule has 1 atom stereocenters. The van der Waals surface area contributed by atoms with E-state index in [2.05, 4.69) is 5.32 Å². The van der Waals surface area contributed by atoms with Crippen LogP contribution in [0.25, 0.3) is 6.08 Å². The van der Waals surface area contributed by atoms with Gasteiger partial charge in [-0.15, -0.1) is 0 Å². The minimum absolute atomic E-state index is 0.407. The van der Waals surface area contributed by atoms with Crippen LogP contribution in [0.1, 0.15) is 19.4 Å². The lowest BCUT2D eigenvalue weighted by atomic mass is 10.2. The van der Waals surface area contributed by atoms with E-state index in [0.717, 1.165) is 0 Å². The van der Waals surface area contributed by atoms with E-state index < -0.39 is 18.0 Å². The summed E-state index contributed by atoms with van der Waals surface area (Å²) in [5.74, 6) is -0.584. The van der Waals surface area contributed by atoms with Crippen LogP contribution in [-0.4, -0.2) is 24.6 Å². The molecule has 0 spiro atoms. The Hall–Kier alpha value is -2.50. The fourth-order valence-electron chi connectivity index (χ4n) is 2.15. The maximum Gasteiger partial charge on any atom is 0.331 e. The maximum absolute atomic E-state index is 12.3. The Balaban J connectivity index is 1.95. The number of carbonyl (C=O) groups is 2. The quantitative estimate of drug-likeness (QED) is 0.519. The first-order valence-electron chi connectivity index (χ1n) is 8.27. The molecule has 0 bridgehead atoms. The third-order valence-electron chi connectivity index (χ3n) is 3.47. The number of hydrogen-bond donors (Lipinski definition) is 1. The van der Waals surface area contributed by atoms with Gasteiger partial charge in [0.2, 0.25) is 0 Å². The summed E-state index contributed by atoms with van der Waals surface area (Å²) < 4.78 is 10.6. The van der Waals surface area contributed by atoms with Gasteiger partial charge in [0.15, 0.2) is 6.10 Å². The highest BCUT2D eigenvalue weighted by molar-refractivity contribution is 6.35. The molecule has 1 N–H and O–H groups in total. The third-order valence-corrected chi connectivity index (χ3v) is 4.03.